The fourth-order valence-electron chi connectivity index (χ4n) is 1.34. The van der Waals surface area contributed by atoms with Crippen LogP contribution < -0.4 is 0 Å². The molecule has 0 saturated heterocycles. The van der Waals surface area contributed by atoms with Gasteiger partial charge in [-0.2, -0.15) is 5.10 Å². The summed E-state index contributed by atoms with van der Waals surface area (Å²) in [6, 6.07) is 1.80. The number of nitrogens with one attached hydrogen (secondary N) is 1. The maximum atomic E-state index is 9.85. The van der Waals surface area contributed by atoms with E-state index < -0.39 is 6.10 Å². The highest BCUT2D eigenvalue weighted by Crippen LogP contribution is 2.21. The third-order valence-electron chi connectivity index (χ3n) is 2.17. The predicted octanol–water partition coefficient (Wildman–Crippen LogP) is 1.73. The van der Waals surface area contributed by atoms with Gasteiger partial charge in [-0.3, -0.25) is 10.1 Å². The van der Waals surface area contributed by atoms with Crippen molar-refractivity contribution < 1.29 is 5.11 Å². The van der Waals surface area contributed by atoms with E-state index in [1.165, 1.54) is 0 Å². The van der Waals surface area contributed by atoms with E-state index in [-0.39, 0.29) is 0 Å². The van der Waals surface area contributed by atoms with Crippen molar-refractivity contribution in [3.63, 3.8) is 0 Å². The molecule has 0 saturated carbocycles. The second-order valence-electron chi connectivity index (χ2n) is 3.22. The van der Waals surface area contributed by atoms with Gasteiger partial charge in [0.25, 0.3) is 0 Å². The number of H-pyrrole nitrogens is 1. The Kier molecular flexibility index (Phi) is 2.99. The Morgan fingerprint density at radius 3 is 3.00 bits per heavy atom. The van der Waals surface area contributed by atoms with E-state index in [2.05, 4.69) is 15.2 Å². The quantitative estimate of drug-likeness (QED) is 0.833. The van der Waals surface area contributed by atoms with Gasteiger partial charge in [-0.05, 0) is 11.6 Å². The zero-order chi connectivity index (χ0) is 10.7. The average Bonchev–Trinajstić information content (AvgIpc) is 2.74. The van der Waals surface area contributed by atoms with Gasteiger partial charge in [0.05, 0.1) is 17.3 Å². The highest BCUT2D eigenvalue weighted by atomic mass is 35.5. The first-order valence-corrected chi connectivity index (χ1v) is 4.90. The minimum absolute atomic E-state index is 0.459. The Morgan fingerprint density at radius 2 is 2.33 bits per heavy atom. The molecule has 0 radical (unpaired) electrons. The normalized spacial score (nSPS) is 12.7. The third-order valence-corrected chi connectivity index (χ3v) is 2.51. The molecule has 0 aliphatic heterocycles. The van der Waals surface area contributed by atoms with E-state index in [0.29, 0.717) is 11.4 Å². The van der Waals surface area contributed by atoms with Crippen LogP contribution in [0.5, 0.6) is 0 Å². The molecular formula is C10H10ClN3O. The van der Waals surface area contributed by atoms with E-state index in [9.17, 15) is 5.11 Å². The molecule has 15 heavy (non-hydrogen) atoms. The number of rotatable bonds is 3. The van der Waals surface area contributed by atoms with Gasteiger partial charge in [0.15, 0.2) is 0 Å². The lowest BCUT2D eigenvalue weighted by Gasteiger charge is -2.08. The van der Waals surface area contributed by atoms with Crippen LogP contribution >= 0.6 is 11.6 Å². The molecule has 0 aliphatic carbocycles. The number of nitrogens with zero attached hydrogens (tertiary/aromatic N) is 2. The molecule has 0 fully saturated rings. The van der Waals surface area contributed by atoms with Crippen LogP contribution in [0.3, 0.4) is 0 Å². The van der Waals surface area contributed by atoms with Crippen molar-refractivity contribution in [3.05, 3.63) is 47.0 Å². The second kappa shape index (κ2) is 4.42. The molecular weight excluding hydrogens is 214 g/mol. The van der Waals surface area contributed by atoms with E-state index in [0.717, 1.165) is 11.1 Å². The molecule has 0 spiro atoms. The van der Waals surface area contributed by atoms with Gasteiger partial charge in [-0.15, -0.1) is 0 Å². The van der Waals surface area contributed by atoms with Crippen molar-refractivity contribution in [3.8, 4) is 0 Å². The molecule has 2 heterocycles. The summed E-state index contributed by atoms with van der Waals surface area (Å²) in [6.07, 6.45) is 6.35. The Morgan fingerprint density at radius 1 is 1.47 bits per heavy atom. The van der Waals surface area contributed by atoms with Gasteiger partial charge >= 0.3 is 0 Å². The van der Waals surface area contributed by atoms with Crippen molar-refractivity contribution in [2.45, 2.75) is 12.5 Å². The largest absolute Gasteiger partial charge is 0.388 e. The van der Waals surface area contributed by atoms with E-state index in [1.807, 2.05) is 0 Å². The first-order chi connectivity index (χ1) is 7.27. The lowest BCUT2D eigenvalue weighted by Crippen LogP contribution is -2.01. The van der Waals surface area contributed by atoms with Crippen LogP contribution in [-0.2, 0) is 6.42 Å². The van der Waals surface area contributed by atoms with Crippen molar-refractivity contribution in [2.24, 2.45) is 0 Å². The smallest absolute Gasteiger partial charge is 0.0861 e. The van der Waals surface area contributed by atoms with Crippen molar-refractivity contribution in [1.29, 1.82) is 0 Å². The minimum Gasteiger partial charge on any atom is -0.388 e. The van der Waals surface area contributed by atoms with Crippen LogP contribution in [0.4, 0.5) is 0 Å². The first-order valence-electron chi connectivity index (χ1n) is 4.52. The Balaban J connectivity index is 2.13. The van der Waals surface area contributed by atoms with Crippen molar-refractivity contribution in [2.75, 3.05) is 0 Å². The van der Waals surface area contributed by atoms with Crippen LogP contribution in [0, 0.1) is 0 Å². The average molecular weight is 224 g/mol. The Labute approximate surface area is 91.9 Å². The fraction of sp³-hybridized carbons (Fsp3) is 0.200. The summed E-state index contributed by atoms with van der Waals surface area (Å²) in [4.78, 5) is 3.88. The lowest BCUT2D eigenvalue weighted by atomic mass is 10.1. The molecule has 0 bridgehead atoms. The van der Waals surface area contributed by atoms with E-state index in [4.69, 9.17) is 11.6 Å². The van der Waals surface area contributed by atoms with Gasteiger partial charge in [-0.1, -0.05) is 11.6 Å². The number of hydrogen-bond acceptors (Lipinski definition) is 3. The summed E-state index contributed by atoms with van der Waals surface area (Å²) in [5.74, 6) is 0. The summed E-state index contributed by atoms with van der Waals surface area (Å²) in [5.41, 5.74) is 1.63. The van der Waals surface area contributed by atoms with E-state index >= 15 is 0 Å². The minimum atomic E-state index is -0.594. The molecule has 5 heteroatoms. The zero-order valence-electron chi connectivity index (χ0n) is 7.89. The van der Waals surface area contributed by atoms with Crippen molar-refractivity contribution >= 4 is 11.6 Å². The maximum Gasteiger partial charge on any atom is 0.0861 e. The highest BCUT2D eigenvalue weighted by Gasteiger charge is 2.11. The second-order valence-corrected chi connectivity index (χ2v) is 3.63. The standard InChI is InChI=1S/C10H10ClN3O/c11-9-6-12-2-1-7(9)3-10(15)8-4-13-14-5-8/h1-2,4-6,10,15H,3H2,(H,13,14). The first kappa shape index (κ1) is 10.1. The maximum absolute atomic E-state index is 9.85. The summed E-state index contributed by atoms with van der Waals surface area (Å²) < 4.78 is 0. The molecule has 2 rings (SSSR count). The summed E-state index contributed by atoms with van der Waals surface area (Å²) >= 11 is 5.93. The molecule has 1 atom stereocenters. The Hall–Kier alpha value is -1.39. The third kappa shape index (κ3) is 2.34. The topological polar surface area (TPSA) is 61.8 Å². The number of aliphatic hydroxyl groups is 1. The van der Waals surface area contributed by atoms with Gasteiger partial charge in [0.1, 0.15) is 0 Å². The number of hydrogen-bond donors (Lipinski definition) is 2. The van der Waals surface area contributed by atoms with E-state index in [1.54, 1.807) is 30.9 Å². The van der Waals surface area contributed by atoms with Crippen LogP contribution in [0.25, 0.3) is 0 Å². The molecule has 4 nitrogen and oxygen atoms in total. The Bertz CT molecular complexity index is 430. The highest BCUT2D eigenvalue weighted by molar-refractivity contribution is 6.31. The molecule has 0 aromatic carbocycles. The zero-order valence-corrected chi connectivity index (χ0v) is 8.65. The monoisotopic (exact) mass is 223 g/mol. The molecule has 0 amide bonds. The van der Waals surface area contributed by atoms with Gasteiger partial charge in [0.2, 0.25) is 0 Å². The summed E-state index contributed by atoms with van der Waals surface area (Å²) in [7, 11) is 0. The molecule has 2 N–H and O–H groups in total. The summed E-state index contributed by atoms with van der Waals surface area (Å²) in [5, 5.41) is 16.9. The number of aliphatic hydroxyl groups excluding tert-OH is 1. The number of halogens is 1. The van der Waals surface area contributed by atoms with Gasteiger partial charge in [-0.25, -0.2) is 0 Å². The number of pyridine rings is 1. The lowest BCUT2D eigenvalue weighted by molar-refractivity contribution is 0.178. The number of aromatic nitrogens is 3. The molecule has 78 valence electrons. The fourth-order valence-corrected chi connectivity index (χ4v) is 1.54. The van der Waals surface area contributed by atoms with Crippen LogP contribution in [0.1, 0.15) is 17.2 Å². The molecule has 0 aliphatic rings. The molecule has 2 aromatic heterocycles. The summed E-state index contributed by atoms with van der Waals surface area (Å²) in [6.45, 7) is 0. The van der Waals surface area contributed by atoms with Crippen LogP contribution in [0.2, 0.25) is 5.02 Å². The SMILES string of the molecule is OC(Cc1ccncc1Cl)c1cn[nH]c1. The van der Waals surface area contributed by atoms with Crippen LogP contribution in [-0.4, -0.2) is 20.3 Å². The van der Waals surface area contributed by atoms with Crippen molar-refractivity contribution in [1.82, 2.24) is 15.2 Å². The molecule has 1 unspecified atom stereocenters. The predicted molar refractivity (Wildman–Crippen MR) is 56.5 cm³/mol. The van der Waals surface area contributed by atoms with Crippen LogP contribution in [0.15, 0.2) is 30.9 Å². The molecule has 2 aromatic rings. The number of aromatic amines is 1. The van der Waals surface area contributed by atoms with Gasteiger partial charge in [0, 0.05) is 30.6 Å². The van der Waals surface area contributed by atoms with Gasteiger partial charge < -0.3 is 5.11 Å².